The molecule has 0 aromatic carbocycles. The lowest BCUT2D eigenvalue weighted by atomic mass is 9.71. The molecule has 2 fully saturated rings. The highest BCUT2D eigenvalue weighted by atomic mass is 32.2. The molecule has 3 aliphatic heterocycles. The van der Waals surface area contributed by atoms with Crippen LogP contribution in [0.15, 0.2) is 32.5 Å². The van der Waals surface area contributed by atoms with Crippen LogP contribution in [0, 0.1) is 5.41 Å². The molecule has 1 aromatic rings. The average molecular weight is 376 g/mol. The van der Waals surface area contributed by atoms with Crippen molar-refractivity contribution in [3.63, 3.8) is 0 Å². The zero-order chi connectivity index (χ0) is 18.2. The Morgan fingerprint density at radius 3 is 2.50 bits per heavy atom. The van der Waals surface area contributed by atoms with Gasteiger partial charge in [0.05, 0.1) is 11.3 Å². The van der Waals surface area contributed by atoms with E-state index in [1.807, 2.05) is 6.07 Å². The lowest BCUT2D eigenvalue weighted by Crippen LogP contribution is -2.46. The molecule has 4 heterocycles. The molecule has 1 N–H and O–H groups in total. The third kappa shape index (κ3) is 3.25. The van der Waals surface area contributed by atoms with Gasteiger partial charge < -0.3 is 10.2 Å². The van der Waals surface area contributed by atoms with Crippen LogP contribution in [-0.2, 0) is 9.84 Å². The van der Waals surface area contributed by atoms with E-state index in [1.165, 1.54) is 19.1 Å². The Balaban J connectivity index is 1.68. The van der Waals surface area contributed by atoms with Gasteiger partial charge in [0.1, 0.15) is 0 Å². The van der Waals surface area contributed by atoms with Crippen LogP contribution in [0.25, 0.3) is 0 Å². The summed E-state index contributed by atoms with van der Waals surface area (Å²) in [6, 6.07) is 1.88. The van der Waals surface area contributed by atoms with Crippen molar-refractivity contribution in [2.24, 2.45) is 20.6 Å². The number of rotatable bonds is 3. The van der Waals surface area contributed by atoms with E-state index in [0.29, 0.717) is 16.8 Å². The minimum absolute atomic E-state index is 0.0387. The molecule has 0 aliphatic carbocycles. The summed E-state index contributed by atoms with van der Waals surface area (Å²) >= 11 is 0. The number of aliphatic imine (C=N–C) groups is 1. The monoisotopic (exact) mass is 376 g/mol. The van der Waals surface area contributed by atoms with E-state index in [1.54, 1.807) is 6.20 Å². The van der Waals surface area contributed by atoms with Crippen LogP contribution in [-0.4, -0.2) is 58.3 Å². The fourth-order valence-electron chi connectivity index (χ4n) is 4.22. The molecule has 2 saturated heterocycles. The molecule has 3 aliphatic rings. The summed E-state index contributed by atoms with van der Waals surface area (Å²) in [4.78, 5) is 10.7. The maximum absolute atomic E-state index is 12.3. The minimum atomic E-state index is -3.49. The summed E-state index contributed by atoms with van der Waals surface area (Å²) in [5, 5.41) is 11.4. The number of hydrogen-bond donors (Lipinski definition) is 1. The Bertz CT molecular complexity index is 848. The SMILES string of the molecule is CS(=O)(=O)c1nccc(N2CCC3(CCNCC3)CC2)c1C1=NCN=N1. The van der Waals surface area contributed by atoms with Crippen LogP contribution < -0.4 is 10.2 Å². The fraction of sp³-hybridized carbons (Fsp3) is 0.647. The first-order valence-electron chi connectivity index (χ1n) is 9.06. The van der Waals surface area contributed by atoms with Crippen molar-refractivity contribution in [1.82, 2.24) is 10.3 Å². The first-order valence-corrected chi connectivity index (χ1v) is 10.9. The molecular weight excluding hydrogens is 352 g/mol. The number of amidine groups is 1. The average Bonchev–Trinajstić information content (AvgIpc) is 3.16. The molecule has 1 spiro atoms. The molecule has 0 amide bonds. The number of aromatic nitrogens is 1. The molecule has 0 radical (unpaired) electrons. The molecule has 4 rings (SSSR count). The summed E-state index contributed by atoms with van der Waals surface area (Å²) < 4.78 is 24.5. The number of azo groups is 1. The van der Waals surface area contributed by atoms with Gasteiger partial charge in [0, 0.05) is 25.5 Å². The van der Waals surface area contributed by atoms with Gasteiger partial charge >= 0.3 is 0 Å². The molecule has 9 heteroatoms. The number of sulfone groups is 1. The Labute approximate surface area is 153 Å². The Morgan fingerprint density at radius 1 is 1.15 bits per heavy atom. The predicted octanol–water partition coefficient (Wildman–Crippen LogP) is 1.62. The van der Waals surface area contributed by atoms with E-state index >= 15 is 0 Å². The van der Waals surface area contributed by atoms with Crippen molar-refractivity contribution in [3.8, 4) is 0 Å². The topological polar surface area (TPSA) is 99.4 Å². The fourth-order valence-corrected chi connectivity index (χ4v) is 5.04. The third-order valence-electron chi connectivity index (χ3n) is 5.75. The van der Waals surface area contributed by atoms with Gasteiger partial charge in [-0.1, -0.05) is 0 Å². The molecule has 26 heavy (non-hydrogen) atoms. The molecule has 1 aromatic heterocycles. The second-order valence-electron chi connectivity index (χ2n) is 7.38. The molecule has 140 valence electrons. The van der Waals surface area contributed by atoms with Gasteiger partial charge in [-0.15, -0.1) is 5.11 Å². The van der Waals surface area contributed by atoms with Gasteiger partial charge in [0.25, 0.3) is 0 Å². The smallest absolute Gasteiger partial charge is 0.193 e. The van der Waals surface area contributed by atoms with Gasteiger partial charge in [-0.25, -0.2) is 18.4 Å². The van der Waals surface area contributed by atoms with Gasteiger partial charge in [-0.05, 0) is 50.3 Å². The van der Waals surface area contributed by atoms with Crippen LogP contribution in [0.5, 0.6) is 0 Å². The molecule has 0 unspecified atom stereocenters. The second-order valence-corrected chi connectivity index (χ2v) is 9.32. The number of hydrogen-bond acceptors (Lipinski definition) is 8. The normalized spacial score (nSPS) is 22.7. The van der Waals surface area contributed by atoms with Gasteiger partial charge in [0.15, 0.2) is 27.4 Å². The molecule has 0 atom stereocenters. The number of pyridine rings is 1. The molecule has 0 saturated carbocycles. The van der Waals surface area contributed by atoms with Crippen LogP contribution in [0.2, 0.25) is 0 Å². The van der Waals surface area contributed by atoms with Gasteiger partial charge in [-0.2, -0.15) is 5.11 Å². The van der Waals surface area contributed by atoms with Crippen LogP contribution in [0.3, 0.4) is 0 Å². The second kappa shape index (κ2) is 6.70. The third-order valence-corrected chi connectivity index (χ3v) is 6.76. The van der Waals surface area contributed by atoms with E-state index in [-0.39, 0.29) is 11.7 Å². The van der Waals surface area contributed by atoms with Crippen molar-refractivity contribution in [3.05, 3.63) is 17.8 Å². The van der Waals surface area contributed by atoms with E-state index in [2.05, 4.69) is 30.4 Å². The number of piperidine rings is 2. The Kier molecular flexibility index (Phi) is 4.52. The standard InChI is InChI=1S/C17H24N6O2S/c1-26(24,25)16-14(15-20-12-21-22-15)13(2-7-19-16)23-10-5-17(6-11-23)3-8-18-9-4-17/h2,7,18H,3-6,8-12H2,1H3. The highest BCUT2D eigenvalue weighted by Crippen LogP contribution is 2.41. The quantitative estimate of drug-likeness (QED) is 0.864. The van der Waals surface area contributed by atoms with E-state index in [4.69, 9.17) is 0 Å². The lowest BCUT2D eigenvalue weighted by Gasteiger charge is -2.45. The summed E-state index contributed by atoms with van der Waals surface area (Å²) in [6.07, 6.45) is 7.43. The van der Waals surface area contributed by atoms with E-state index < -0.39 is 9.84 Å². The largest absolute Gasteiger partial charge is 0.371 e. The van der Waals surface area contributed by atoms with Crippen molar-refractivity contribution >= 4 is 21.4 Å². The van der Waals surface area contributed by atoms with E-state index in [0.717, 1.165) is 44.7 Å². The van der Waals surface area contributed by atoms with Crippen molar-refractivity contribution < 1.29 is 8.42 Å². The maximum atomic E-state index is 12.3. The Morgan fingerprint density at radius 2 is 1.88 bits per heavy atom. The van der Waals surface area contributed by atoms with Crippen LogP contribution in [0.4, 0.5) is 5.69 Å². The summed E-state index contributed by atoms with van der Waals surface area (Å²) in [7, 11) is -3.49. The predicted molar refractivity (Wildman–Crippen MR) is 99.6 cm³/mol. The van der Waals surface area contributed by atoms with Crippen molar-refractivity contribution in [2.45, 2.75) is 30.7 Å². The molecular formula is C17H24N6O2S. The highest BCUT2D eigenvalue weighted by Gasteiger charge is 2.37. The van der Waals surface area contributed by atoms with Gasteiger partial charge in [-0.3, -0.25) is 0 Å². The molecule has 0 bridgehead atoms. The first-order chi connectivity index (χ1) is 12.5. The zero-order valence-corrected chi connectivity index (χ0v) is 15.8. The summed E-state index contributed by atoms with van der Waals surface area (Å²) in [5.41, 5.74) is 1.78. The van der Waals surface area contributed by atoms with E-state index in [9.17, 15) is 8.42 Å². The highest BCUT2D eigenvalue weighted by molar-refractivity contribution is 7.90. The first kappa shape index (κ1) is 17.5. The number of nitrogens with zero attached hydrogens (tertiary/aromatic N) is 5. The summed E-state index contributed by atoms with van der Waals surface area (Å²) in [5.74, 6) is 0.371. The Hall–Kier alpha value is -1.87. The van der Waals surface area contributed by atoms with Crippen molar-refractivity contribution in [1.29, 1.82) is 0 Å². The van der Waals surface area contributed by atoms with Crippen molar-refractivity contribution in [2.75, 3.05) is 44.0 Å². The zero-order valence-electron chi connectivity index (χ0n) is 15.0. The van der Waals surface area contributed by atoms with Gasteiger partial charge in [0.2, 0.25) is 0 Å². The number of nitrogens with one attached hydrogen (secondary N) is 1. The molecule has 8 nitrogen and oxygen atoms in total. The summed E-state index contributed by atoms with van der Waals surface area (Å²) in [6.45, 7) is 4.24. The van der Waals surface area contributed by atoms with Crippen LogP contribution >= 0.6 is 0 Å². The maximum Gasteiger partial charge on any atom is 0.193 e. The number of anilines is 1. The lowest BCUT2D eigenvalue weighted by molar-refractivity contribution is 0.155. The van der Waals surface area contributed by atoms with Crippen LogP contribution in [0.1, 0.15) is 31.2 Å². The minimum Gasteiger partial charge on any atom is -0.371 e.